The summed E-state index contributed by atoms with van der Waals surface area (Å²) in [4.78, 5) is 21.9. The van der Waals surface area contributed by atoms with Crippen LogP contribution in [-0.4, -0.2) is 49.8 Å². The summed E-state index contributed by atoms with van der Waals surface area (Å²) in [5, 5.41) is 13.8. The second kappa shape index (κ2) is 8.71. The molecular formula is C10H16N2O4. The number of amides is 1. The maximum atomic E-state index is 11.2. The first-order valence-electron chi connectivity index (χ1n) is 4.77. The third-order valence-corrected chi connectivity index (χ3v) is 1.72. The number of ether oxygens (including phenoxy) is 1. The second-order valence-corrected chi connectivity index (χ2v) is 3.04. The van der Waals surface area contributed by atoms with Crippen LogP contribution in [-0.2, 0) is 14.3 Å². The Hall–Kier alpha value is -1.58. The molecule has 0 rings (SSSR count). The van der Waals surface area contributed by atoms with Gasteiger partial charge in [-0.25, -0.2) is 4.79 Å². The van der Waals surface area contributed by atoms with E-state index in [4.69, 9.17) is 16.3 Å². The van der Waals surface area contributed by atoms with Crippen molar-refractivity contribution >= 4 is 11.9 Å². The first-order valence-corrected chi connectivity index (χ1v) is 4.77. The van der Waals surface area contributed by atoms with Crippen molar-refractivity contribution in [1.82, 2.24) is 10.6 Å². The summed E-state index contributed by atoms with van der Waals surface area (Å²) in [6, 6.07) is -1.03. The van der Waals surface area contributed by atoms with Crippen LogP contribution in [0.15, 0.2) is 0 Å². The largest absolute Gasteiger partial charge is 0.480 e. The van der Waals surface area contributed by atoms with Gasteiger partial charge in [0.05, 0.1) is 13.2 Å². The third-order valence-electron chi connectivity index (χ3n) is 1.72. The molecule has 0 aromatic rings. The number of aliphatic carboxylic acids is 1. The van der Waals surface area contributed by atoms with Gasteiger partial charge < -0.3 is 20.5 Å². The van der Waals surface area contributed by atoms with E-state index in [1.54, 1.807) is 7.11 Å². The molecule has 0 aromatic carbocycles. The van der Waals surface area contributed by atoms with E-state index in [0.29, 0.717) is 13.2 Å². The van der Waals surface area contributed by atoms with Crippen LogP contribution in [0.4, 0.5) is 0 Å². The molecule has 16 heavy (non-hydrogen) atoms. The lowest BCUT2D eigenvalue weighted by Crippen LogP contribution is -2.44. The molecule has 1 amide bonds. The van der Waals surface area contributed by atoms with Gasteiger partial charge in [-0.05, 0) is 0 Å². The summed E-state index contributed by atoms with van der Waals surface area (Å²) >= 11 is 0. The fraction of sp³-hybridized carbons (Fsp3) is 0.600. The SMILES string of the molecule is C#CCC(NC(=O)CNCCOC)C(=O)O. The minimum atomic E-state index is -1.14. The van der Waals surface area contributed by atoms with Crippen molar-refractivity contribution < 1.29 is 19.4 Å². The molecule has 0 radical (unpaired) electrons. The van der Waals surface area contributed by atoms with Crippen LogP contribution in [0, 0.1) is 12.3 Å². The molecule has 6 nitrogen and oxygen atoms in total. The fourth-order valence-corrected chi connectivity index (χ4v) is 0.939. The van der Waals surface area contributed by atoms with E-state index >= 15 is 0 Å². The number of nitrogens with one attached hydrogen (secondary N) is 2. The molecule has 0 aliphatic carbocycles. The van der Waals surface area contributed by atoms with Gasteiger partial charge in [-0.15, -0.1) is 12.3 Å². The Morgan fingerprint density at radius 3 is 2.75 bits per heavy atom. The van der Waals surface area contributed by atoms with Crippen molar-refractivity contribution in [3.63, 3.8) is 0 Å². The number of hydrogen-bond acceptors (Lipinski definition) is 4. The third kappa shape index (κ3) is 6.81. The highest BCUT2D eigenvalue weighted by Crippen LogP contribution is 1.90. The van der Waals surface area contributed by atoms with Gasteiger partial charge in [-0.3, -0.25) is 4.79 Å². The molecule has 6 heteroatoms. The molecule has 1 atom stereocenters. The zero-order valence-electron chi connectivity index (χ0n) is 9.16. The van der Waals surface area contributed by atoms with E-state index in [0.717, 1.165) is 0 Å². The Morgan fingerprint density at radius 2 is 2.25 bits per heavy atom. The molecule has 0 aliphatic heterocycles. The van der Waals surface area contributed by atoms with E-state index in [-0.39, 0.29) is 13.0 Å². The smallest absolute Gasteiger partial charge is 0.327 e. The van der Waals surface area contributed by atoms with Gasteiger partial charge in [-0.2, -0.15) is 0 Å². The number of terminal acetylenes is 1. The predicted molar refractivity (Wildman–Crippen MR) is 57.8 cm³/mol. The first kappa shape index (κ1) is 14.4. The summed E-state index contributed by atoms with van der Waals surface area (Å²) in [6.45, 7) is 1.05. The second-order valence-electron chi connectivity index (χ2n) is 3.04. The molecular weight excluding hydrogens is 212 g/mol. The molecule has 0 saturated heterocycles. The van der Waals surface area contributed by atoms with Crippen molar-refractivity contribution in [3.8, 4) is 12.3 Å². The van der Waals surface area contributed by atoms with Crippen LogP contribution >= 0.6 is 0 Å². The van der Waals surface area contributed by atoms with Gasteiger partial charge >= 0.3 is 5.97 Å². The fourth-order valence-electron chi connectivity index (χ4n) is 0.939. The molecule has 0 aliphatic rings. The lowest BCUT2D eigenvalue weighted by molar-refractivity contribution is -0.141. The first-order chi connectivity index (χ1) is 7.61. The maximum Gasteiger partial charge on any atom is 0.327 e. The number of carboxylic acids is 1. The molecule has 3 N–H and O–H groups in total. The molecule has 0 aromatic heterocycles. The molecule has 0 bridgehead atoms. The summed E-state index contributed by atoms with van der Waals surface area (Å²) in [6.07, 6.45) is 4.96. The Kier molecular flexibility index (Phi) is 7.85. The molecule has 1 unspecified atom stereocenters. The van der Waals surface area contributed by atoms with Crippen LogP contribution in [0.3, 0.4) is 0 Å². The van der Waals surface area contributed by atoms with Gasteiger partial charge in [0.15, 0.2) is 0 Å². The van der Waals surface area contributed by atoms with E-state index in [1.807, 2.05) is 0 Å². The van der Waals surface area contributed by atoms with Crippen molar-refractivity contribution in [3.05, 3.63) is 0 Å². The normalized spacial score (nSPS) is 11.5. The van der Waals surface area contributed by atoms with Crippen LogP contribution in [0.2, 0.25) is 0 Å². The Morgan fingerprint density at radius 1 is 1.56 bits per heavy atom. The molecule has 90 valence electrons. The van der Waals surface area contributed by atoms with E-state index in [9.17, 15) is 9.59 Å². The maximum absolute atomic E-state index is 11.2. The lowest BCUT2D eigenvalue weighted by Gasteiger charge is -2.11. The highest BCUT2D eigenvalue weighted by Gasteiger charge is 2.17. The summed E-state index contributed by atoms with van der Waals surface area (Å²) in [7, 11) is 1.55. The average Bonchev–Trinajstić information content (AvgIpc) is 2.23. The van der Waals surface area contributed by atoms with E-state index in [1.165, 1.54) is 0 Å². The molecule has 0 spiro atoms. The highest BCUT2D eigenvalue weighted by atomic mass is 16.5. The van der Waals surface area contributed by atoms with E-state index in [2.05, 4.69) is 16.6 Å². The summed E-state index contributed by atoms with van der Waals surface area (Å²) in [5.41, 5.74) is 0. The van der Waals surface area contributed by atoms with Crippen molar-refractivity contribution in [2.75, 3.05) is 26.8 Å². The van der Waals surface area contributed by atoms with Gasteiger partial charge in [0, 0.05) is 20.1 Å². The number of carbonyl (C=O) groups excluding carboxylic acids is 1. The molecule has 0 heterocycles. The highest BCUT2D eigenvalue weighted by molar-refractivity contribution is 5.84. The summed E-state index contributed by atoms with van der Waals surface area (Å²) < 4.78 is 4.77. The topological polar surface area (TPSA) is 87.7 Å². The molecule has 0 saturated carbocycles. The number of carboxylic acid groups (broad SMARTS) is 1. The van der Waals surface area contributed by atoms with Crippen LogP contribution in [0.5, 0.6) is 0 Å². The number of carbonyl (C=O) groups is 2. The van der Waals surface area contributed by atoms with Crippen molar-refractivity contribution in [2.24, 2.45) is 0 Å². The summed E-state index contributed by atoms with van der Waals surface area (Å²) in [5.74, 6) is 0.655. The Labute approximate surface area is 94.4 Å². The lowest BCUT2D eigenvalue weighted by atomic mass is 10.2. The van der Waals surface area contributed by atoms with Crippen LogP contribution < -0.4 is 10.6 Å². The van der Waals surface area contributed by atoms with Crippen molar-refractivity contribution in [1.29, 1.82) is 0 Å². The number of rotatable bonds is 8. The minimum Gasteiger partial charge on any atom is -0.480 e. The Bertz CT molecular complexity index is 272. The zero-order chi connectivity index (χ0) is 12.4. The van der Waals surface area contributed by atoms with Crippen LogP contribution in [0.25, 0.3) is 0 Å². The van der Waals surface area contributed by atoms with Gasteiger partial charge in [-0.1, -0.05) is 0 Å². The monoisotopic (exact) mass is 228 g/mol. The zero-order valence-corrected chi connectivity index (χ0v) is 9.16. The van der Waals surface area contributed by atoms with Crippen molar-refractivity contribution in [2.45, 2.75) is 12.5 Å². The minimum absolute atomic E-state index is 0.0286. The molecule has 0 fully saturated rings. The van der Waals surface area contributed by atoms with Gasteiger partial charge in [0.25, 0.3) is 0 Å². The quantitative estimate of drug-likeness (QED) is 0.359. The predicted octanol–water partition coefficient (Wildman–Crippen LogP) is -1.18. The standard InChI is InChI=1S/C10H16N2O4/c1-3-4-8(10(14)15)12-9(13)7-11-5-6-16-2/h1,8,11H,4-7H2,2H3,(H,12,13)(H,14,15). The number of hydrogen-bond donors (Lipinski definition) is 3. The van der Waals surface area contributed by atoms with E-state index < -0.39 is 17.9 Å². The van der Waals surface area contributed by atoms with Gasteiger partial charge in [0.2, 0.25) is 5.91 Å². The van der Waals surface area contributed by atoms with Gasteiger partial charge in [0.1, 0.15) is 6.04 Å². The number of methoxy groups -OCH3 is 1. The average molecular weight is 228 g/mol. The Balaban J connectivity index is 3.83. The van der Waals surface area contributed by atoms with Crippen LogP contribution in [0.1, 0.15) is 6.42 Å².